The normalized spacial score (nSPS) is 15.5. The van der Waals surface area contributed by atoms with E-state index in [1.165, 1.54) is 12.8 Å². The number of benzene rings is 2. The maximum Gasteiger partial charge on any atom is 0.254 e. The van der Waals surface area contributed by atoms with Crippen LogP contribution in [-0.2, 0) is 0 Å². The Morgan fingerprint density at radius 2 is 1.81 bits per heavy atom. The monoisotopic (exact) mass is 345 g/mol. The number of rotatable bonds is 4. The summed E-state index contributed by atoms with van der Waals surface area (Å²) >= 11 is 3.49. The predicted octanol–water partition coefficient (Wildman–Crippen LogP) is 4.62. The standard InChI is InChI=1S/C18H20BrNO/c19-12-13-20(15-8-2-3-9-15)18(21)17-11-5-7-14-6-1-4-10-16(14)17/h1,4-7,10-11,15H,2-3,8-9,12-13H2. The molecule has 1 fully saturated rings. The van der Waals surface area contributed by atoms with Gasteiger partial charge in [-0.05, 0) is 29.7 Å². The van der Waals surface area contributed by atoms with E-state index in [9.17, 15) is 4.79 Å². The number of halogens is 1. The summed E-state index contributed by atoms with van der Waals surface area (Å²) in [5.41, 5.74) is 0.834. The van der Waals surface area contributed by atoms with E-state index in [-0.39, 0.29) is 5.91 Å². The Morgan fingerprint density at radius 1 is 1.10 bits per heavy atom. The first-order chi connectivity index (χ1) is 10.3. The maximum atomic E-state index is 13.0. The molecule has 0 heterocycles. The molecule has 2 aromatic rings. The van der Waals surface area contributed by atoms with Crippen molar-refractivity contribution >= 4 is 32.6 Å². The summed E-state index contributed by atoms with van der Waals surface area (Å²) in [6, 6.07) is 14.6. The SMILES string of the molecule is O=C(c1cccc2ccccc12)N(CCBr)C1CCCC1. The van der Waals surface area contributed by atoms with Crippen molar-refractivity contribution in [3.63, 3.8) is 0 Å². The first-order valence-electron chi connectivity index (χ1n) is 7.66. The van der Waals surface area contributed by atoms with E-state index < -0.39 is 0 Å². The summed E-state index contributed by atoms with van der Waals surface area (Å²) in [4.78, 5) is 15.1. The highest BCUT2D eigenvalue weighted by Gasteiger charge is 2.27. The second-order valence-corrected chi connectivity index (χ2v) is 6.45. The second-order valence-electron chi connectivity index (χ2n) is 5.65. The van der Waals surface area contributed by atoms with Crippen molar-refractivity contribution in [1.29, 1.82) is 0 Å². The van der Waals surface area contributed by atoms with Gasteiger partial charge in [0.05, 0.1) is 0 Å². The first kappa shape index (κ1) is 14.6. The molecule has 1 aliphatic rings. The molecule has 21 heavy (non-hydrogen) atoms. The average molecular weight is 346 g/mol. The largest absolute Gasteiger partial charge is 0.335 e. The second kappa shape index (κ2) is 6.61. The molecule has 0 N–H and O–H groups in total. The third kappa shape index (κ3) is 2.98. The third-order valence-electron chi connectivity index (χ3n) is 4.37. The van der Waals surface area contributed by atoms with Crippen molar-refractivity contribution in [2.24, 2.45) is 0 Å². The molecule has 0 bridgehead atoms. The van der Waals surface area contributed by atoms with Crippen molar-refractivity contribution in [1.82, 2.24) is 4.90 Å². The molecule has 1 aliphatic carbocycles. The van der Waals surface area contributed by atoms with Crippen molar-refractivity contribution in [3.8, 4) is 0 Å². The number of fused-ring (bicyclic) bond motifs is 1. The summed E-state index contributed by atoms with van der Waals surface area (Å²) in [6.07, 6.45) is 4.77. The molecular weight excluding hydrogens is 326 g/mol. The number of hydrogen-bond acceptors (Lipinski definition) is 1. The van der Waals surface area contributed by atoms with Crippen molar-refractivity contribution in [3.05, 3.63) is 48.0 Å². The van der Waals surface area contributed by atoms with Gasteiger partial charge in [0.15, 0.2) is 0 Å². The Hall–Kier alpha value is -1.35. The molecule has 3 heteroatoms. The average Bonchev–Trinajstić information content (AvgIpc) is 3.05. The lowest BCUT2D eigenvalue weighted by atomic mass is 10.0. The number of alkyl halides is 1. The van der Waals surface area contributed by atoms with Crippen LogP contribution in [0.15, 0.2) is 42.5 Å². The molecule has 0 atom stereocenters. The smallest absolute Gasteiger partial charge is 0.254 e. The molecule has 1 saturated carbocycles. The van der Waals surface area contributed by atoms with Crippen LogP contribution >= 0.6 is 15.9 Å². The number of hydrogen-bond donors (Lipinski definition) is 0. The topological polar surface area (TPSA) is 20.3 Å². The maximum absolute atomic E-state index is 13.0. The van der Waals surface area contributed by atoms with Gasteiger partial charge in [-0.1, -0.05) is 65.2 Å². The van der Waals surface area contributed by atoms with Crippen molar-refractivity contribution < 1.29 is 4.79 Å². The van der Waals surface area contributed by atoms with Crippen LogP contribution in [0.2, 0.25) is 0 Å². The molecule has 0 radical (unpaired) electrons. The molecule has 0 saturated heterocycles. The van der Waals surface area contributed by atoms with E-state index in [1.807, 2.05) is 30.3 Å². The summed E-state index contributed by atoms with van der Waals surface area (Å²) in [7, 11) is 0. The van der Waals surface area contributed by atoms with Crippen LogP contribution in [0.3, 0.4) is 0 Å². The number of nitrogens with zero attached hydrogens (tertiary/aromatic N) is 1. The summed E-state index contributed by atoms with van der Waals surface area (Å²) < 4.78 is 0. The molecule has 110 valence electrons. The van der Waals surface area contributed by atoms with Crippen LogP contribution in [0.5, 0.6) is 0 Å². The highest BCUT2D eigenvalue weighted by Crippen LogP contribution is 2.27. The van der Waals surface area contributed by atoms with Gasteiger partial charge in [0, 0.05) is 23.5 Å². The van der Waals surface area contributed by atoms with Gasteiger partial charge < -0.3 is 4.90 Å². The van der Waals surface area contributed by atoms with Crippen LogP contribution in [0.25, 0.3) is 10.8 Å². The molecule has 0 unspecified atom stereocenters. The highest BCUT2D eigenvalue weighted by molar-refractivity contribution is 9.09. The fraction of sp³-hybridized carbons (Fsp3) is 0.389. The van der Waals surface area contributed by atoms with E-state index in [4.69, 9.17) is 0 Å². The molecule has 0 aliphatic heterocycles. The van der Waals surface area contributed by atoms with Crippen molar-refractivity contribution in [2.75, 3.05) is 11.9 Å². The van der Waals surface area contributed by atoms with Gasteiger partial charge in [-0.25, -0.2) is 0 Å². The molecule has 3 rings (SSSR count). The first-order valence-corrected chi connectivity index (χ1v) is 8.78. The van der Waals surface area contributed by atoms with Crippen LogP contribution in [-0.4, -0.2) is 28.7 Å². The minimum atomic E-state index is 0.179. The molecule has 1 amide bonds. The summed E-state index contributed by atoms with van der Waals surface area (Å²) in [6.45, 7) is 0.784. The van der Waals surface area contributed by atoms with Crippen molar-refractivity contribution in [2.45, 2.75) is 31.7 Å². The molecule has 2 aromatic carbocycles. The van der Waals surface area contributed by atoms with Gasteiger partial charge in [0.1, 0.15) is 0 Å². The number of carbonyl (C=O) groups excluding carboxylic acids is 1. The van der Waals surface area contributed by atoms with Gasteiger partial charge in [-0.15, -0.1) is 0 Å². The van der Waals surface area contributed by atoms with Crippen LogP contribution in [0, 0.1) is 0 Å². The molecule has 0 aromatic heterocycles. The van der Waals surface area contributed by atoms with E-state index >= 15 is 0 Å². The van der Waals surface area contributed by atoms with Crippen LogP contribution < -0.4 is 0 Å². The van der Waals surface area contributed by atoms with Crippen LogP contribution in [0.1, 0.15) is 36.0 Å². The minimum Gasteiger partial charge on any atom is -0.335 e. The molecule has 0 spiro atoms. The quantitative estimate of drug-likeness (QED) is 0.740. The van der Waals surface area contributed by atoms with Gasteiger partial charge >= 0.3 is 0 Å². The zero-order valence-corrected chi connectivity index (χ0v) is 13.7. The Morgan fingerprint density at radius 3 is 2.57 bits per heavy atom. The Bertz CT molecular complexity index is 629. The zero-order chi connectivity index (χ0) is 14.7. The zero-order valence-electron chi connectivity index (χ0n) is 12.1. The van der Waals surface area contributed by atoms with Gasteiger partial charge in [-0.2, -0.15) is 0 Å². The lowest BCUT2D eigenvalue weighted by molar-refractivity contribution is 0.0698. The highest BCUT2D eigenvalue weighted by atomic mass is 79.9. The Kier molecular flexibility index (Phi) is 4.59. The van der Waals surface area contributed by atoms with E-state index in [0.717, 1.165) is 41.1 Å². The van der Waals surface area contributed by atoms with E-state index in [2.05, 4.69) is 33.0 Å². The summed E-state index contributed by atoms with van der Waals surface area (Å²) in [5.74, 6) is 0.179. The lowest BCUT2D eigenvalue weighted by Crippen LogP contribution is -2.40. The fourth-order valence-corrected chi connectivity index (χ4v) is 3.71. The van der Waals surface area contributed by atoms with Gasteiger partial charge in [-0.3, -0.25) is 4.79 Å². The van der Waals surface area contributed by atoms with E-state index in [0.29, 0.717) is 6.04 Å². The molecular formula is C18H20BrNO. The third-order valence-corrected chi connectivity index (χ3v) is 4.73. The Balaban J connectivity index is 1.97. The number of carbonyl (C=O) groups is 1. The van der Waals surface area contributed by atoms with E-state index in [1.54, 1.807) is 0 Å². The van der Waals surface area contributed by atoms with Gasteiger partial charge in [0.2, 0.25) is 0 Å². The van der Waals surface area contributed by atoms with Crippen LogP contribution in [0.4, 0.5) is 0 Å². The molecule has 2 nitrogen and oxygen atoms in total. The summed E-state index contributed by atoms with van der Waals surface area (Å²) in [5, 5.41) is 3.02. The minimum absolute atomic E-state index is 0.179. The predicted molar refractivity (Wildman–Crippen MR) is 91.0 cm³/mol. The fourth-order valence-electron chi connectivity index (χ4n) is 3.32. The Labute approximate surface area is 134 Å². The lowest BCUT2D eigenvalue weighted by Gasteiger charge is -2.29. The van der Waals surface area contributed by atoms with Gasteiger partial charge in [0.25, 0.3) is 5.91 Å². The number of amides is 1.